The Labute approximate surface area is 120 Å². The Morgan fingerprint density at radius 3 is 2.62 bits per heavy atom. The molecule has 0 spiro atoms. The number of aryl methyl sites for hydroxylation is 2. The summed E-state index contributed by atoms with van der Waals surface area (Å²) in [5.74, 6) is 1.34. The molecule has 0 aliphatic carbocycles. The van der Waals surface area contributed by atoms with Crippen molar-refractivity contribution >= 4 is 5.91 Å². The van der Waals surface area contributed by atoms with E-state index in [2.05, 4.69) is 15.3 Å². The second-order valence-electron chi connectivity index (χ2n) is 4.80. The maximum absolute atomic E-state index is 11.8. The standard InChI is InChI=1S/C14H17N3O4/c1-8-3-4-10(21-8)5-6-15-12(18)7-11-9(2)16-14(20)17-13(11)19/h3-4H,5-7H2,1-2H3,(H,15,18)(H2,16,17,19,20). The predicted octanol–water partition coefficient (Wildman–Crippen LogP) is 0.174. The molecule has 0 aliphatic rings. The van der Waals surface area contributed by atoms with Gasteiger partial charge in [0.25, 0.3) is 5.56 Å². The molecule has 0 aromatic carbocycles. The number of hydrogen-bond donors (Lipinski definition) is 3. The van der Waals surface area contributed by atoms with Crippen molar-refractivity contribution in [2.45, 2.75) is 26.7 Å². The summed E-state index contributed by atoms with van der Waals surface area (Å²) in [6.07, 6.45) is 0.510. The molecular weight excluding hydrogens is 274 g/mol. The quantitative estimate of drug-likeness (QED) is 0.730. The number of H-pyrrole nitrogens is 2. The minimum Gasteiger partial charge on any atom is -0.466 e. The van der Waals surface area contributed by atoms with E-state index in [1.807, 2.05) is 19.1 Å². The molecule has 0 saturated carbocycles. The van der Waals surface area contributed by atoms with Gasteiger partial charge in [-0.05, 0) is 26.0 Å². The topological polar surface area (TPSA) is 108 Å². The first kappa shape index (κ1) is 14.8. The fourth-order valence-corrected chi connectivity index (χ4v) is 2.01. The lowest BCUT2D eigenvalue weighted by Gasteiger charge is -2.05. The molecule has 112 valence electrons. The molecule has 2 aromatic rings. The van der Waals surface area contributed by atoms with Crippen LogP contribution in [0.1, 0.15) is 22.8 Å². The van der Waals surface area contributed by atoms with E-state index in [1.54, 1.807) is 6.92 Å². The first-order valence-electron chi connectivity index (χ1n) is 6.60. The van der Waals surface area contributed by atoms with E-state index in [0.29, 0.717) is 18.7 Å². The van der Waals surface area contributed by atoms with E-state index in [9.17, 15) is 14.4 Å². The van der Waals surface area contributed by atoms with Crippen LogP contribution in [0.2, 0.25) is 0 Å². The van der Waals surface area contributed by atoms with Crippen LogP contribution in [0.15, 0.2) is 26.1 Å². The van der Waals surface area contributed by atoms with Crippen LogP contribution < -0.4 is 16.6 Å². The number of aromatic nitrogens is 2. The third-order valence-electron chi connectivity index (χ3n) is 3.08. The normalized spacial score (nSPS) is 10.6. The van der Waals surface area contributed by atoms with Gasteiger partial charge in [-0.2, -0.15) is 0 Å². The monoisotopic (exact) mass is 291 g/mol. The Morgan fingerprint density at radius 2 is 2.00 bits per heavy atom. The minimum atomic E-state index is -0.574. The molecule has 3 N–H and O–H groups in total. The lowest BCUT2D eigenvalue weighted by molar-refractivity contribution is -0.120. The summed E-state index contributed by atoms with van der Waals surface area (Å²) in [5.41, 5.74) is -0.440. The lowest BCUT2D eigenvalue weighted by Crippen LogP contribution is -2.33. The van der Waals surface area contributed by atoms with Gasteiger partial charge in [-0.1, -0.05) is 0 Å². The molecule has 0 aliphatic heterocycles. The van der Waals surface area contributed by atoms with E-state index in [4.69, 9.17) is 4.42 Å². The van der Waals surface area contributed by atoms with Gasteiger partial charge in [-0.25, -0.2) is 4.79 Å². The van der Waals surface area contributed by atoms with E-state index in [-0.39, 0.29) is 17.9 Å². The van der Waals surface area contributed by atoms with E-state index < -0.39 is 11.2 Å². The van der Waals surface area contributed by atoms with Crippen LogP contribution in [0.5, 0.6) is 0 Å². The van der Waals surface area contributed by atoms with Gasteiger partial charge in [0.2, 0.25) is 5.91 Å². The summed E-state index contributed by atoms with van der Waals surface area (Å²) in [6, 6.07) is 3.72. The van der Waals surface area contributed by atoms with Crippen molar-refractivity contribution in [2.75, 3.05) is 6.54 Å². The second-order valence-corrected chi connectivity index (χ2v) is 4.80. The Hall–Kier alpha value is -2.57. The van der Waals surface area contributed by atoms with Crippen molar-refractivity contribution in [3.63, 3.8) is 0 Å². The maximum Gasteiger partial charge on any atom is 0.325 e. The minimum absolute atomic E-state index is 0.0743. The molecule has 2 rings (SSSR count). The Balaban J connectivity index is 1.90. The fraction of sp³-hybridized carbons (Fsp3) is 0.357. The van der Waals surface area contributed by atoms with Gasteiger partial charge in [0, 0.05) is 24.2 Å². The van der Waals surface area contributed by atoms with Gasteiger partial charge >= 0.3 is 5.69 Å². The number of amides is 1. The zero-order valence-corrected chi connectivity index (χ0v) is 11.9. The van der Waals surface area contributed by atoms with Crippen molar-refractivity contribution < 1.29 is 9.21 Å². The van der Waals surface area contributed by atoms with Gasteiger partial charge < -0.3 is 14.7 Å². The first-order valence-corrected chi connectivity index (χ1v) is 6.60. The van der Waals surface area contributed by atoms with Gasteiger partial charge in [0.1, 0.15) is 11.5 Å². The molecule has 0 bridgehead atoms. The Morgan fingerprint density at radius 1 is 1.24 bits per heavy atom. The summed E-state index contributed by atoms with van der Waals surface area (Å²) >= 11 is 0. The maximum atomic E-state index is 11.8. The van der Waals surface area contributed by atoms with Crippen molar-refractivity contribution in [3.05, 3.63) is 55.7 Å². The second kappa shape index (κ2) is 6.25. The average Bonchev–Trinajstić information content (AvgIpc) is 2.79. The van der Waals surface area contributed by atoms with Gasteiger partial charge in [-0.15, -0.1) is 0 Å². The summed E-state index contributed by atoms with van der Waals surface area (Å²) in [6.45, 7) is 3.87. The number of carbonyl (C=O) groups excluding carboxylic acids is 1. The van der Waals surface area contributed by atoms with Crippen molar-refractivity contribution in [1.82, 2.24) is 15.3 Å². The summed E-state index contributed by atoms with van der Waals surface area (Å²) in [7, 11) is 0. The highest BCUT2D eigenvalue weighted by molar-refractivity contribution is 5.78. The highest BCUT2D eigenvalue weighted by atomic mass is 16.3. The van der Waals surface area contributed by atoms with Gasteiger partial charge in [-0.3, -0.25) is 14.6 Å². The SMILES string of the molecule is Cc1ccc(CCNC(=O)Cc2c(C)[nH]c(=O)[nH]c2=O)o1. The molecule has 2 heterocycles. The molecule has 0 fully saturated rings. The van der Waals surface area contributed by atoms with Crippen LogP contribution in [0.4, 0.5) is 0 Å². The summed E-state index contributed by atoms with van der Waals surface area (Å²) < 4.78 is 5.39. The smallest absolute Gasteiger partial charge is 0.325 e. The fourth-order valence-electron chi connectivity index (χ4n) is 2.01. The molecule has 0 radical (unpaired) electrons. The molecule has 21 heavy (non-hydrogen) atoms. The molecule has 7 nitrogen and oxygen atoms in total. The van der Waals surface area contributed by atoms with Crippen LogP contribution in [0, 0.1) is 13.8 Å². The summed E-state index contributed by atoms with van der Waals surface area (Å²) in [5, 5.41) is 2.71. The average molecular weight is 291 g/mol. The van der Waals surface area contributed by atoms with Crippen LogP contribution in [0.3, 0.4) is 0 Å². The lowest BCUT2D eigenvalue weighted by atomic mass is 10.1. The molecular formula is C14H17N3O4. The molecule has 2 aromatic heterocycles. The largest absolute Gasteiger partial charge is 0.466 e. The third kappa shape index (κ3) is 3.95. The van der Waals surface area contributed by atoms with E-state index in [1.165, 1.54) is 0 Å². The molecule has 0 saturated heterocycles. The predicted molar refractivity (Wildman–Crippen MR) is 76.3 cm³/mol. The van der Waals surface area contributed by atoms with Crippen LogP contribution in [-0.2, 0) is 17.6 Å². The molecule has 7 heteroatoms. The zero-order valence-electron chi connectivity index (χ0n) is 11.9. The van der Waals surface area contributed by atoms with Crippen molar-refractivity contribution in [3.8, 4) is 0 Å². The van der Waals surface area contributed by atoms with Gasteiger partial charge in [0.15, 0.2) is 0 Å². The highest BCUT2D eigenvalue weighted by Gasteiger charge is 2.11. The molecule has 0 atom stereocenters. The van der Waals surface area contributed by atoms with Crippen LogP contribution >= 0.6 is 0 Å². The number of aromatic amines is 2. The summed E-state index contributed by atoms with van der Waals surface area (Å²) in [4.78, 5) is 39.1. The Bertz CT molecular complexity index is 754. The van der Waals surface area contributed by atoms with E-state index in [0.717, 1.165) is 11.5 Å². The third-order valence-corrected chi connectivity index (χ3v) is 3.08. The number of hydrogen-bond acceptors (Lipinski definition) is 4. The zero-order chi connectivity index (χ0) is 15.4. The molecule has 0 unspecified atom stereocenters. The van der Waals surface area contributed by atoms with Crippen LogP contribution in [0.25, 0.3) is 0 Å². The number of rotatable bonds is 5. The van der Waals surface area contributed by atoms with E-state index >= 15 is 0 Å². The highest BCUT2D eigenvalue weighted by Crippen LogP contribution is 2.06. The first-order chi connectivity index (χ1) is 9.95. The van der Waals surface area contributed by atoms with Crippen molar-refractivity contribution in [1.29, 1.82) is 0 Å². The van der Waals surface area contributed by atoms with Crippen LogP contribution in [-0.4, -0.2) is 22.4 Å². The van der Waals surface area contributed by atoms with Crippen molar-refractivity contribution in [2.24, 2.45) is 0 Å². The number of nitrogens with one attached hydrogen (secondary N) is 3. The molecule has 1 amide bonds. The number of furan rings is 1. The van der Waals surface area contributed by atoms with Gasteiger partial charge in [0.05, 0.1) is 6.42 Å². The Kier molecular flexibility index (Phi) is 4.42. The number of carbonyl (C=O) groups is 1.